The molecule has 0 bridgehead atoms. The van der Waals surface area contributed by atoms with Crippen LogP contribution in [-0.4, -0.2) is 54.0 Å². The van der Waals surface area contributed by atoms with Crippen molar-refractivity contribution in [1.82, 2.24) is 10.2 Å². The lowest BCUT2D eigenvalue weighted by Crippen LogP contribution is -2.71. The first-order valence-electron chi connectivity index (χ1n) is 8.45. The van der Waals surface area contributed by atoms with Gasteiger partial charge in [-0.05, 0) is 31.5 Å². The number of fused-ring (bicyclic) bond motifs is 1. The minimum absolute atomic E-state index is 0.0829. The van der Waals surface area contributed by atoms with Crippen LogP contribution >= 0.6 is 0 Å². The van der Waals surface area contributed by atoms with Crippen LogP contribution in [0.15, 0.2) is 24.3 Å². The zero-order valence-electron chi connectivity index (χ0n) is 15.4. The summed E-state index contributed by atoms with van der Waals surface area (Å²) in [7, 11) is -1.58. The molecular formula is C17H19N3O7S. The summed E-state index contributed by atoms with van der Waals surface area (Å²) in [5.74, 6) is -1.61. The molecule has 11 heteroatoms. The Morgan fingerprint density at radius 2 is 1.93 bits per heavy atom. The monoisotopic (exact) mass is 409 g/mol. The van der Waals surface area contributed by atoms with E-state index >= 15 is 0 Å². The van der Waals surface area contributed by atoms with Gasteiger partial charge in [-0.2, -0.15) is 0 Å². The summed E-state index contributed by atoms with van der Waals surface area (Å²) in [4.78, 5) is 47.7. The standard InChI is InChI=1S/C17H19N3O7S/c1-9(21)18-12-14(22)19-13(17(2,3)28(26)15(12)19)16(23)27-8-10-4-6-11(7-5-10)20(24)25/h4-7,12-13,15H,8H2,1-3H3,(H,18,21)/t12-,13+,15-,28?/m1/s1. The number of ether oxygens (including phenoxy) is 1. The maximum absolute atomic E-state index is 12.8. The van der Waals surface area contributed by atoms with Crippen LogP contribution in [0.1, 0.15) is 26.3 Å². The topological polar surface area (TPSA) is 136 Å². The molecule has 10 nitrogen and oxygen atoms in total. The maximum Gasteiger partial charge on any atom is 0.330 e. The Morgan fingerprint density at radius 3 is 2.46 bits per heavy atom. The molecule has 28 heavy (non-hydrogen) atoms. The van der Waals surface area contributed by atoms with E-state index in [1.807, 2.05) is 0 Å². The van der Waals surface area contributed by atoms with Gasteiger partial charge in [0.25, 0.3) is 5.69 Å². The van der Waals surface area contributed by atoms with Crippen molar-refractivity contribution in [3.63, 3.8) is 0 Å². The average molecular weight is 409 g/mol. The van der Waals surface area contributed by atoms with E-state index < -0.39 is 55.7 Å². The van der Waals surface area contributed by atoms with E-state index in [1.165, 1.54) is 36.1 Å². The van der Waals surface area contributed by atoms with Crippen LogP contribution in [0.3, 0.4) is 0 Å². The van der Waals surface area contributed by atoms with Gasteiger partial charge in [-0.15, -0.1) is 0 Å². The molecule has 0 radical (unpaired) electrons. The second-order valence-electron chi connectivity index (χ2n) is 7.15. The summed E-state index contributed by atoms with van der Waals surface area (Å²) in [6.07, 6.45) is 0. The number of β-lactam (4-membered cyclic amide) rings is 1. The number of hydrogen-bond acceptors (Lipinski definition) is 7. The fraction of sp³-hybridized carbons (Fsp3) is 0.471. The van der Waals surface area contributed by atoms with Crippen molar-refractivity contribution >= 4 is 34.3 Å². The van der Waals surface area contributed by atoms with Gasteiger partial charge in [0.2, 0.25) is 11.8 Å². The molecule has 150 valence electrons. The molecule has 2 amide bonds. The number of carbonyl (C=O) groups excluding carboxylic acids is 3. The Labute approximate surface area is 162 Å². The number of nitrogens with zero attached hydrogens (tertiary/aromatic N) is 2. The van der Waals surface area contributed by atoms with Gasteiger partial charge in [0.05, 0.1) is 20.5 Å². The van der Waals surface area contributed by atoms with Gasteiger partial charge in [0.15, 0.2) is 0 Å². The molecule has 2 aliphatic rings. The number of benzene rings is 1. The number of non-ortho nitro benzene ring substituents is 1. The first kappa shape index (κ1) is 19.9. The molecule has 1 aromatic rings. The number of nitro groups is 1. The van der Waals surface area contributed by atoms with Gasteiger partial charge in [0, 0.05) is 19.1 Å². The fourth-order valence-electron chi connectivity index (χ4n) is 3.44. The Balaban J connectivity index is 1.72. The number of nitro benzene ring substituents is 1. The molecule has 2 fully saturated rings. The van der Waals surface area contributed by atoms with Gasteiger partial charge in [-0.1, -0.05) is 0 Å². The molecule has 0 spiro atoms. The summed E-state index contributed by atoms with van der Waals surface area (Å²) in [5.41, 5.74) is 0.457. The van der Waals surface area contributed by atoms with Crippen LogP contribution in [0.5, 0.6) is 0 Å². The summed E-state index contributed by atoms with van der Waals surface area (Å²) in [6.45, 7) is 4.33. The lowest BCUT2D eigenvalue weighted by molar-refractivity contribution is -0.384. The van der Waals surface area contributed by atoms with Crippen LogP contribution in [0.25, 0.3) is 0 Å². The normalized spacial score (nSPS) is 27.5. The van der Waals surface area contributed by atoms with Crippen molar-refractivity contribution in [2.45, 2.75) is 49.6 Å². The number of rotatable bonds is 5. The maximum atomic E-state index is 12.8. The molecular weight excluding hydrogens is 390 g/mol. The third-order valence-electron chi connectivity index (χ3n) is 4.86. The molecule has 3 rings (SSSR count). The highest BCUT2D eigenvalue weighted by atomic mass is 32.2. The van der Waals surface area contributed by atoms with Crippen LogP contribution < -0.4 is 5.32 Å². The summed E-state index contributed by atoms with van der Waals surface area (Å²) in [6, 6.07) is 3.57. The van der Waals surface area contributed by atoms with Crippen LogP contribution in [0, 0.1) is 10.1 Å². The summed E-state index contributed by atoms with van der Waals surface area (Å²) >= 11 is 0. The second kappa shape index (κ2) is 6.97. The van der Waals surface area contributed by atoms with Gasteiger partial charge >= 0.3 is 5.97 Å². The van der Waals surface area contributed by atoms with Gasteiger partial charge in [-0.3, -0.25) is 23.9 Å². The lowest BCUT2D eigenvalue weighted by Gasteiger charge is -2.43. The summed E-state index contributed by atoms with van der Waals surface area (Å²) in [5, 5.41) is 12.4. The number of amides is 2. The number of nitrogens with one attached hydrogen (secondary N) is 1. The highest BCUT2D eigenvalue weighted by molar-refractivity contribution is 7.87. The smallest absolute Gasteiger partial charge is 0.330 e. The van der Waals surface area contributed by atoms with E-state index in [0.29, 0.717) is 5.56 Å². The predicted molar refractivity (Wildman–Crippen MR) is 97.1 cm³/mol. The van der Waals surface area contributed by atoms with Crippen molar-refractivity contribution < 1.29 is 28.3 Å². The van der Waals surface area contributed by atoms with E-state index in [4.69, 9.17) is 4.74 Å². The molecule has 1 aromatic carbocycles. The van der Waals surface area contributed by atoms with E-state index in [9.17, 15) is 28.7 Å². The molecule has 1 unspecified atom stereocenters. The molecule has 0 aliphatic carbocycles. The third-order valence-corrected chi connectivity index (χ3v) is 7.06. The number of hydrogen-bond donors (Lipinski definition) is 1. The highest BCUT2D eigenvalue weighted by Crippen LogP contribution is 2.43. The first-order valence-corrected chi connectivity index (χ1v) is 9.67. The van der Waals surface area contributed by atoms with Crippen molar-refractivity contribution in [3.05, 3.63) is 39.9 Å². The van der Waals surface area contributed by atoms with Crippen LogP contribution in [0.4, 0.5) is 5.69 Å². The van der Waals surface area contributed by atoms with Crippen LogP contribution in [0.2, 0.25) is 0 Å². The molecule has 0 saturated carbocycles. The molecule has 2 heterocycles. The minimum Gasteiger partial charge on any atom is -0.459 e. The van der Waals surface area contributed by atoms with Crippen molar-refractivity contribution in [1.29, 1.82) is 0 Å². The Morgan fingerprint density at radius 1 is 1.32 bits per heavy atom. The molecule has 1 N–H and O–H groups in total. The number of carbonyl (C=O) groups is 3. The quantitative estimate of drug-likeness (QED) is 0.318. The van der Waals surface area contributed by atoms with Crippen molar-refractivity contribution in [2.24, 2.45) is 0 Å². The first-order chi connectivity index (χ1) is 13.1. The van der Waals surface area contributed by atoms with E-state index in [-0.39, 0.29) is 12.3 Å². The molecule has 4 atom stereocenters. The van der Waals surface area contributed by atoms with E-state index in [0.717, 1.165) is 0 Å². The molecule has 2 aliphatic heterocycles. The Kier molecular flexibility index (Phi) is 4.96. The number of esters is 1. The van der Waals surface area contributed by atoms with Crippen molar-refractivity contribution in [3.8, 4) is 0 Å². The Bertz CT molecular complexity index is 883. The van der Waals surface area contributed by atoms with Crippen LogP contribution in [-0.2, 0) is 36.5 Å². The molecule has 2 saturated heterocycles. The van der Waals surface area contributed by atoms with Gasteiger partial charge < -0.3 is 15.0 Å². The zero-order valence-corrected chi connectivity index (χ0v) is 16.2. The predicted octanol–water partition coefficient (Wildman–Crippen LogP) is 0.221. The average Bonchev–Trinajstić information content (AvgIpc) is 2.82. The lowest BCUT2D eigenvalue weighted by atomic mass is 9.96. The second-order valence-corrected chi connectivity index (χ2v) is 9.28. The fourth-order valence-corrected chi connectivity index (χ4v) is 5.36. The highest BCUT2D eigenvalue weighted by Gasteiger charge is 2.68. The van der Waals surface area contributed by atoms with Gasteiger partial charge in [-0.25, -0.2) is 4.79 Å². The molecule has 0 aromatic heterocycles. The van der Waals surface area contributed by atoms with Crippen molar-refractivity contribution in [2.75, 3.05) is 0 Å². The van der Waals surface area contributed by atoms with E-state index in [2.05, 4.69) is 5.32 Å². The Hall–Kier alpha value is -2.82. The van der Waals surface area contributed by atoms with Gasteiger partial charge in [0.1, 0.15) is 24.1 Å². The summed E-state index contributed by atoms with van der Waals surface area (Å²) < 4.78 is 17.0. The SMILES string of the molecule is CC(=O)N[C@@H]1C(=O)N2[C@@H]1S(=O)C(C)(C)[C@@H]2C(=O)OCc1ccc([N+](=O)[O-])cc1. The largest absolute Gasteiger partial charge is 0.459 e. The minimum atomic E-state index is -1.58. The zero-order chi connectivity index (χ0) is 20.8. The van der Waals surface area contributed by atoms with E-state index in [1.54, 1.807) is 13.8 Å². The third kappa shape index (κ3) is 3.15.